The van der Waals surface area contributed by atoms with Crippen molar-refractivity contribution < 1.29 is 19.0 Å². The van der Waals surface area contributed by atoms with Gasteiger partial charge >= 0.3 is 5.97 Å². The predicted molar refractivity (Wildman–Crippen MR) is 139 cm³/mol. The van der Waals surface area contributed by atoms with Crippen molar-refractivity contribution in [1.29, 1.82) is 0 Å². The molecule has 0 saturated heterocycles. The molecular weight excluding hydrogens is 486 g/mol. The number of carbonyl (C=O) groups is 1. The van der Waals surface area contributed by atoms with Gasteiger partial charge < -0.3 is 14.2 Å². The number of hydrogen-bond acceptors (Lipinski definition) is 8. The van der Waals surface area contributed by atoms with E-state index in [1.807, 2.05) is 36.6 Å². The zero-order valence-corrected chi connectivity index (χ0v) is 20.6. The van der Waals surface area contributed by atoms with E-state index in [0.717, 1.165) is 16.8 Å². The van der Waals surface area contributed by atoms with Gasteiger partial charge in [-0.15, -0.1) is 11.3 Å². The van der Waals surface area contributed by atoms with Crippen molar-refractivity contribution >= 4 is 40.3 Å². The molecule has 9 heteroatoms. The number of halogens is 1. The highest BCUT2D eigenvalue weighted by atomic mass is 35.5. The van der Waals surface area contributed by atoms with E-state index in [4.69, 9.17) is 25.8 Å². The van der Waals surface area contributed by atoms with E-state index in [-0.39, 0.29) is 0 Å². The smallest absolute Gasteiger partial charge is 0.343 e. The Bertz CT molecular complexity index is 1340. The van der Waals surface area contributed by atoms with Gasteiger partial charge in [0.05, 0.1) is 31.2 Å². The summed E-state index contributed by atoms with van der Waals surface area (Å²) < 4.78 is 16.4. The molecule has 0 aliphatic rings. The number of hydrazone groups is 1. The molecule has 0 bridgehead atoms. The van der Waals surface area contributed by atoms with Crippen LogP contribution in [0.15, 0.2) is 77.2 Å². The third-order valence-corrected chi connectivity index (χ3v) is 5.79. The second-order valence-electron chi connectivity index (χ2n) is 7.18. The largest absolute Gasteiger partial charge is 0.497 e. The highest BCUT2D eigenvalue weighted by Crippen LogP contribution is 2.30. The summed E-state index contributed by atoms with van der Waals surface area (Å²) in [6.07, 6.45) is 1.64. The van der Waals surface area contributed by atoms with Crippen LogP contribution in [0.3, 0.4) is 0 Å². The summed E-state index contributed by atoms with van der Waals surface area (Å²) in [6.45, 7) is 2.27. The Labute approximate surface area is 212 Å². The molecule has 0 radical (unpaired) electrons. The Morgan fingerprint density at radius 3 is 2.71 bits per heavy atom. The van der Waals surface area contributed by atoms with Gasteiger partial charge in [-0.2, -0.15) is 5.10 Å². The zero-order chi connectivity index (χ0) is 24.6. The van der Waals surface area contributed by atoms with Crippen LogP contribution in [0.5, 0.6) is 17.2 Å². The topological polar surface area (TPSA) is 82.0 Å². The van der Waals surface area contributed by atoms with Crippen molar-refractivity contribution in [3.63, 3.8) is 0 Å². The lowest BCUT2D eigenvalue weighted by Gasteiger charge is -2.11. The van der Waals surface area contributed by atoms with Gasteiger partial charge in [0, 0.05) is 16.0 Å². The number of nitrogens with zero attached hydrogens (tertiary/aromatic N) is 2. The molecule has 1 heterocycles. The third kappa shape index (κ3) is 6.38. The summed E-state index contributed by atoms with van der Waals surface area (Å²) in [5, 5.41) is 7.54. The number of esters is 1. The van der Waals surface area contributed by atoms with Crippen molar-refractivity contribution in [2.45, 2.75) is 6.92 Å². The summed E-state index contributed by atoms with van der Waals surface area (Å²) >= 11 is 7.39. The number of carbonyl (C=O) groups excluding carboxylic acids is 1. The standard InChI is InChI=1S/C26H22ClN3O4S/c1-3-33-24-13-17(7-12-23(24)34-25(31)19-5-4-6-21(14-19)32-2)15-28-30-26-29-22(16-35-26)18-8-10-20(27)11-9-18/h4-16H,3H2,1-2H3,(H,29,30). The van der Waals surface area contributed by atoms with Gasteiger partial charge in [0.25, 0.3) is 0 Å². The number of benzene rings is 3. The van der Waals surface area contributed by atoms with Crippen LogP contribution in [0.4, 0.5) is 5.13 Å². The van der Waals surface area contributed by atoms with E-state index < -0.39 is 5.97 Å². The van der Waals surface area contributed by atoms with Crippen LogP contribution in [0.1, 0.15) is 22.8 Å². The van der Waals surface area contributed by atoms with Crippen molar-refractivity contribution in [2.75, 3.05) is 19.1 Å². The molecule has 35 heavy (non-hydrogen) atoms. The van der Waals surface area contributed by atoms with Crippen LogP contribution in [-0.2, 0) is 0 Å². The maximum absolute atomic E-state index is 12.6. The van der Waals surface area contributed by atoms with E-state index in [9.17, 15) is 4.79 Å². The number of ether oxygens (including phenoxy) is 3. The third-order valence-electron chi connectivity index (χ3n) is 4.79. The van der Waals surface area contributed by atoms with Gasteiger partial charge in [0.2, 0.25) is 5.13 Å². The lowest BCUT2D eigenvalue weighted by Crippen LogP contribution is -2.10. The second-order valence-corrected chi connectivity index (χ2v) is 8.47. The Hall–Kier alpha value is -3.88. The van der Waals surface area contributed by atoms with Gasteiger partial charge in [-0.25, -0.2) is 9.78 Å². The molecule has 0 fully saturated rings. The summed E-state index contributed by atoms with van der Waals surface area (Å²) in [7, 11) is 1.54. The minimum absolute atomic E-state index is 0.317. The van der Waals surface area contributed by atoms with Gasteiger partial charge in [0.15, 0.2) is 11.5 Å². The maximum atomic E-state index is 12.6. The average molecular weight is 508 g/mol. The van der Waals surface area contributed by atoms with E-state index in [0.29, 0.717) is 39.6 Å². The minimum Gasteiger partial charge on any atom is -0.497 e. The molecule has 178 valence electrons. The molecule has 0 spiro atoms. The molecule has 4 rings (SSSR count). The van der Waals surface area contributed by atoms with E-state index in [1.165, 1.54) is 11.3 Å². The molecule has 0 aliphatic carbocycles. The normalized spacial score (nSPS) is 10.8. The van der Waals surface area contributed by atoms with Crippen molar-refractivity contribution in [2.24, 2.45) is 5.10 Å². The second kappa shape index (κ2) is 11.5. The fourth-order valence-electron chi connectivity index (χ4n) is 3.11. The zero-order valence-electron chi connectivity index (χ0n) is 19.0. The van der Waals surface area contributed by atoms with E-state index in [1.54, 1.807) is 55.8 Å². The quantitative estimate of drug-likeness (QED) is 0.120. The van der Waals surface area contributed by atoms with Crippen LogP contribution in [0, 0.1) is 0 Å². The molecule has 0 amide bonds. The first kappa shape index (κ1) is 24.3. The molecule has 1 N–H and O–H groups in total. The van der Waals surface area contributed by atoms with Crippen LogP contribution < -0.4 is 19.6 Å². The van der Waals surface area contributed by atoms with E-state index >= 15 is 0 Å². The average Bonchev–Trinajstić information content (AvgIpc) is 3.35. The first-order chi connectivity index (χ1) is 17.1. The van der Waals surface area contributed by atoms with Crippen molar-refractivity contribution in [3.8, 4) is 28.5 Å². The SMILES string of the molecule is CCOc1cc(C=NNc2nc(-c3ccc(Cl)cc3)cs2)ccc1OC(=O)c1cccc(OC)c1. The summed E-state index contributed by atoms with van der Waals surface area (Å²) in [5.74, 6) is 0.821. The monoisotopic (exact) mass is 507 g/mol. The van der Waals surface area contributed by atoms with Crippen molar-refractivity contribution in [3.05, 3.63) is 88.3 Å². The minimum atomic E-state index is -0.506. The predicted octanol–water partition coefficient (Wildman–Crippen LogP) is 6.54. The Kier molecular flexibility index (Phi) is 7.97. The van der Waals surface area contributed by atoms with Gasteiger partial charge in [-0.1, -0.05) is 29.8 Å². The van der Waals surface area contributed by atoms with E-state index in [2.05, 4.69) is 15.5 Å². The van der Waals surface area contributed by atoms with Crippen LogP contribution in [0.25, 0.3) is 11.3 Å². The Balaban J connectivity index is 1.43. The molecule has 0 unspecified atom stereocenters. The highest BCUT2D eigenvalue weighted by Gasteiger charge is 2.14. The fraction of sp³-hybridized carbons (Fsp3) is 0.115. The lowest BCUT2D eigenvalue weighted by atomic mass is 10.2. The highest BCUT2D eigenvalue weighted by molar-refractivity contribution is 7.14. The number of rotatable bonds is 9. The molecule has 3 aromatic carbocycles. The molecule has 4 aromatic rings. The number of thiazole rings is 1. The van der Waals surface area contributed by atoms with Gasteiger partial charge in [-0.05, 0) is 61.0 Å². The number of aromatic nitrogens is 1. The number of hydrogen-bond donors (Lipinski definition) is 1. The van der Waals surface area contributed by atoms with Crippen molar-refractivity contribution in [1.82, 2.24) is 4.98 Å². The molecule has 1 aromatic heterocycles. The number of methoxy groups -OCH3 is 1. The fourth-order valence-corrected chi connectivity index (χ4v) is 3.90. The maximum Gasteiger partial charge on any atom is 0.343 e. The van der Waals surface area contributed by atoms with Crippen LogP contribution in [0.2, 0.25) is 5.02 Å². The van der Waals surface area contributed by atoms with Gasteiger partial charge in [-0.3, -0.25) is 5.43 Å². The van der Waals surface area contributed by atoms with Gasteiger partial charge in [0.1, 0.15) is 5.75 Å². The molecular formula is C26H22ClN3O4S. The molecule has 0 atom stereocenters. The number of anilines is 1. The first-order valence-corrected chi connectivity index (χ1v) is 11.9. The number of nitrogens with one attached hydrogen (secondary N) is 1. The van der Waals surface area contributed by atoms with Crippen LogP contribution in [-0.4, -0.2) is 30.9 Å². The summed E-state index contributed by atoms with van der Waals surface area (Å²) in [6, 6.07) is 19.5. The van der Waals surface area contributed by atoms with Crippen LogP contribution >= 0.6 is 22.9 Å². The summed E-state index contributed by atoms with van der Waals surface area (Å²) in [4.78, 5) is 17.1. The Morgan fingerprint density at radius 2 is 1.94 bits per heavy atom. The Morgan fingerprint density at radius 1 is 1.11 bits per heavy atom. The lowest BCUT2D eigenvalue weighted by molar-refractivity contribution is 0.0728. The summed E-state index contributed by atoms with van der Waals surface area (Å²) in [5.41, 5.74) is 5.89. The molecule has 7 nitrogen and oxygen atoms in total. The first-order valence-electron chi connectivity index (χ1n) is 10.7. The molecule has 0 saturated carbocycles. The molecule has 0 aliphatic heterocycles.